The van der Waals surface area contributed by atoms with E-state index in [0.717, 1.165) is 0 Å². The lowest BCUT2D eigenvalue weighted by Gasteiger charge is -2.08. The lowest BCUT2D eigenvalue weighted by Crippen LogP contribution is -1.92. The second-order valence-electron chi connectivity index (χ2n) is 1.91. The predicted molar refractivity (Wildman–Crippen MR) is 50.9 cm³/mol. The van der Waals surface area contributed by atoms with Crippen LogP contribution >= 0.6 is 15.9 Å². The third-order valence-electron chi connectivity index (χ3n) is 0.919. The molecular formula is C6H12O6P2. The summed E-state index contributed by atoms with van der Waals surface area (Å²) in [5.41, 5.74) is 2.03. The van der Waals surface area contributed by atoms with Gasteiger partial charge < -0.3 is 9.42 Å². The molecule has 8 heteroatoms. The summed E-state index contributed by atoms with van der Waals surface area (Å²) in [6.07, 6.45) is 1.81. The second-order valence-corrected chi connectivity index (χ2v) is 4.39. The van der Waals surface area contributed by atoms with Crippen molar-refractivity contribution in [2.24, 2.45) is 0 Å². The van der Waals surface area contributed by atoms with Gasteiger partial charge in [0.25, 0.3) is 0 Å². The molecule has 1 atom stereocenters. The molecule has 0 spiro atoms. The van der Waals surface area contributed by atoms with Crippen molar-refractivity contribution in [3.8, 4) is 11.8 Å². The maximum atomic E-state index is 11.5. The smallest absolute Gasteiger partial charge is 0.372 e. The Morgan fingerprint density at radius 1 is 1.36 bits per heavy atom. The van der Waals surface area contributed by atoms with Crippen LogP contribution in [0.2, 0.25) is 0 Å². The van der Waals surface area contributed by atoms with Gasteiger partial charge in [-0.25, -0.2) is 9.13 Å². The van der Waals surface area contributed by atoms with Gasteiger partial charge in [-0.2, -0.15) is 0 Å². The summed E-state index contributed by atoms with van der Waals surface area (Å²) < 4.78 is 35.2. The van der Waals surface area contributed by atoms with Crippen molar-refractivity contribution in [1.29, 1.82) is 0 Å². The minimum absolute atomic E-state index is 0.167. The van der Waals surface area contributed by atoms with E-state index in [9.17, 15) is 9.13 Å². The molecule has 0 aromatic carbocycles. The summed E-state index contributed by atoms with van der Waals surface area (Å²) in [6.45, 7) is 3.59. The molecule has 6 nitrogen and oxygen atoms in total. The molecule has 0 fully saturated rings. The van der Waals surface area contributed by atoms with Crippen molar-refractivity contribution < 1.29 is 27.6 Å². The molecule has 0 aromatic rings. The normalized spacial score (nSPS) is 12.8. The van der Waals surface area contributed by atoms with E-state index < -0.39 is 15.9 Å². The van der Waals surface area contributed by atoms with E-state index in [1.807, 2.05) is 11.8 Å². The van der Waals surface area contributed by atoms with E-state index in [4.69, 9.17) is 13.9 Å². The Kier molecular flexibility index (Phi) is 6.90. The fourth-order valence-corrected chi connectivity index (χ4v) is 1.83. The molecule has 0 radical (unpaired) electrons. The second kappa shape index (κ2) is 7.05. The first-order chi connectivity index (χ1) is 6.54. The van der Waals surface area contributed by atoms with Crippen molar-refractivity contribution in [1.82, 2.24) is 0 Å². The third-order valence-corrected chi connectivity index (χ3v) is 2.76. The Bertz CT molecular complexity index is 280. The standard InChI is InChI=1S/C6H12O6P2/c1-3-11-14(9,12-4-2)6-5-10-13(7)8/h13H,3-4H2,1-2H3,(H,7,8). The van der Waals surface area contributed by atoms with E-state index in [1.165, 1.54) is 0 Å². The summed E-state index contributed by atoms with van der Waals surface area (Å²) in [5, 5.41) is 0. The van der Waals surface area contributed by atoms with Crippen LogP contribution in [0, 0.1) is 11.8 Å². The van der Waals surface area contributed by atoms with Gasteiger partial charge in [0, 0.05) is 0 Å². The van der Waals surface area contributed by atoms with Crippen LogP contribution in [-0.2, 0) is 22.7 Å². The van der Waals surface area contributed by atoms with Crippen molar-refractivity contribution in [2.45, 2.75) is 13.8 Å². The fourth-order valence-electron chi connectivity index (χ4n) is 0.564. The average molecular weight is 242 g/mol. The van der Waals surface area contributed by atoms with Crippen molar-refractivity contribution >= 4 is 15.9 Å². The highest BCUT2D eigenvalue weighted by Gasteiger charge is 2.20. The first kappa shape index (κ1) is 13.7. The monoisotopic (exact) mass is 242 g/mol. The van der Waals surface area contributed by atoms with Crippen molar-refractivity contribution in [3.05, 3.63) is 0 Å². The maximum Gasteiger partial charge on any atom is 0.408 e. The van der Waals surface area contributed by atoms with Crippen LogP contribution in [0.5, 0.6) is 0 Å². The van der Waals surface area contributed by atoms with Crippen LogP contribution < -0.4 is 0 Å². The third kappa shape index (κ3) is 6.20. The van der Waals surface area contributed by atoms with Gasteiger partial charge in [-0.05, 0) is 13.8 Å². The van der Waals surface area contributed by atoms with Crippen LogP contribution in [0.1, 0.15) is 13.8 Å². The van der Waals surface area contributed by atoms with E-state index in [1.54, 1.807) is 13.8 Å². The molecule has 1 unspecified atom stereocenters. The minimum Gasteiger partial charge on any atom is -0.372 e. The zero-order chi connectivity index (χ0) is 11.0. The van der Waals surface area contributed by atoms with Crippen LogP contribution in [0.4, 0.5) is 0 Å². The maximum absolute atomic E-state index is 11.5. The van der Waals surface area contributed by atoms with Crippen molar-refractivity contribution in [2.75, 3.05) is 13.2 Å². The van der Waals surface area contributed by atoms with Gasteiger partial charge >= 0.3 is 15.9 Å². The van der Waals surface area contributed by atoms with Gasteiger partial charge in [-0.1, -0.05) is 0 Å². The van der Waals surface area contributed by atoms with Gasteiger partial charge in [-0.3, -0.25) is 9.05 Å². The highest BCUT2D eigenvalue weighted by molar-refractivity contribution is 7.59. The molecule has 0 saturated carbocycles. The molecule has 1 N–H and O–H groups in total. The highest BCUT2D eigenvalue weighted by Crippen LogP contribution is 2.46. The lowest BCUT2D eigenvalue weighted by molar-refractivity contribution is 0.230. The lowest BCUT2D eigenvalue weighted by atomic mass is 10.9. The van der Waals surface area contributed by atoms with E-state index in [0.29, 0.717) is 0 Å². The number of rotatable bonds is 5. The average Bonchev–Trinajstić information content (AvgIpc) is 2.03. The van der Waals surface area contributed by atoms with Gasteiger partial charge in [0.15, 0.2) is 0 Å². The Morgan fingerprint density at radius 3 is 2.21 bits per heavy atom. The summed E-state index contributed by atoms with van der Waals surface area (Å²) >= 11 is 0. The quantitative estimate of drug-likeness (QED) is 0.582. The van der Waals surface area contributed by atoms with Gasteiger partial charge in [0.1, 0.15) is 6.11 Å². The molecule has 0 amide bonds. The van der Waals surface area contributed by atoms with E-state index in [2.05, 4.69) is 4.52 Å². The predicted octanol–water partition coefficient (Wildman–Crippen LogP) is 1.57. The van der Waals surface area contributed by atoms with E-state index in [-0.39, 0.29) is 13.2 Å². The van der Waals surface area contributed by atoms with E-state index >= 15 is 0 Å². The Hall–Kier alpha value is -0.300. The summed E-state index contributed by atoms with van der Waals surface area (Å²) in [6, 6.07) is 0. The summed E-state index contributed by atoms with van der Waals surface area (Å²) in [7, 11) is -6.64. The first-order valence-electron chi connectivity index (χ1n) is 3.85. The molecule has 0 heterocycles. The molecule has 82 valence electrons. The fraction of sp³-hybridized carbons (Fsp3) is 0.667. The van der Waals surface area contributed by atoms with Crippen molar-refractivity contribution in [3.63, 3.8) is 0 Å². The van der Waals surface area contributed by atoms with Gasteiger partial charge in [-0.15, -0.1) is 0 Å². The molecule has 0 bridgehead atoms. The van der Waals surface area contributed by atoms with Crippen LogP contribution in [-0.4, -0.2) is 18.1 Å². The molecule has 0 aliphatic heterocycles. The van der Waals surface area contributed by atoms with Gasteiger partial charge in [0.2, 0.25) is 0 Å². The number of hydrogen-bond acceptors (Lipinski definition) is 5. The molecule has 14 heavy (non-hydrogen) atoms. The topological polar surface area (TPSA) is 82.1 Å². The SMILES string of the molecule is CCOP(=O)(C#CO[PH](=O)O)OCC. The zero-order valence-corrected chi connectivity index (χ0v) is 9.74. The van der Waals surface area contributed by atoms with Crippen LogP contribution in [0.15, 0.2) is 0 Å². The minimum atomic E-state index is -3.50. The van der Waals surface area contributed by atoms with Gasteiger partial charge in [0.05, 0.1) is 18.9 Å². The molecule has 0 saturated heterocycles. The Balaban J connectivity index is 4.39. The molecule has 0 aromatic heterocycles. The van der Waals surface area contributed by atoms with Crippen LogP contribution in [0.3, 0.4) is 0 Å². The Morgan fingerprint density at radius 2 is 1.86 bits per heavy atom. The molecule has 0 aliphatic carbocycles. The number of hydrogen-bond donors (Lipinski definition) is 1. The summed E-state index contributed by atoms with van der Waals surface area (Å²) in [5.74, 6) is 0. The molecule has 0 aliphatic rings. The first-order valence-corrected chi connectivity index (χ1v) is 6.66. The molecular weight excluding hydrogens is 230 g/mol. The Labute approximate surface area is 83.0 Å². The zero-order valence-electron chi connectivity index (χ0n) is 7.85. The highest BCUT2D eigenvalue weighted by atomic mass is 31.2. The van der Waals surface area contributed by atoms with Crippen LogP contribution in [0.25, 0.3) is 0 Å². The largest absolute Gasteiger partial charge is 0.408 e. The molecule has 0 rings (SSSR count). The summed E-state index contributed by atoms with van der Waals surface area (Å²) in [4.78, 5) is 8.26.